The molecule has 0 bridgehead atoms. The van der Waals surface area contributed by atoms with Crippen LogP contribution in [0.2, 0.25) is 0 Å². The van der Waals surface area contributed by atoms with Crippen LogP contribution in [-0.4, -0.2) is 35.1 Å². The van der Waals surface area contributed by atoms with E-state index in [9.17, 15) is 9.90 Å². The summed E-state index contributed by atoms with van der Waals surface area (Å²) >= 11 is 0. The molecule has 0 aromatic heterocycles. The molecular weight excluding hydrogens is 302 g/mol. The van der Waals surface area contributed by atoms with Gasteiger partial charge in [0.15, 0.2) is 0 Å². The lowest BCUT2D eigenvalue weighted by molar-refractivity contribution is -0.143. The van der Waals surface area contributed by atoms with Crippen molar-refractivity contribution in [2.24, 2.45) is 0 Å². The van der Waals surface area contributed by atoms with Gasteiger partial charge in [-0.05, 0) is 49.7 Å². The average Bonchev–Trinajstić information content (AvgIpc) is 2.62. The van der Waals surface area contributed by atoms with E-state index in [4.69, 9.17) is 4.74 Å². The molecule has 1 aliphatic rings. The van der Waals surface area contributed by atoms with Gasteiger partial charge in [0.25, 0.3) is 0 Å². The highest BCUT2D eigenvalue weighted by Gasteiger charge is 2.27. The first-order chi connectivity index (χ1) is 11.7. The molecule has 0 unspecified atom stereocenters. The monoisotopic (exact) mass is 325 g/mol. The van der Waals surface area contributed by atoms with Crippen molar-refractivity contribution in [2.75, 3.05) is 13.1 Å². The van der Waals surface area contributed by atoms with Crippen molar-refractivity contribution in [3.63, 3.8) is 0 Å². The molecule has 1 heterocycles. The molecule has 1 atom stereocenters. The second-order valence-corrected chi connectivity index (χ2v) is 6.18. The number of carboxylic acids is 1. The molecule has 4 nitrogen and oxygen atoms in total. The molecule has 2 aromatic rings. The highest BCUT2D eigenvalue weighted by Crippen LogP contribution is 2.27. The van der Waals surface area contributed by atoms with Crippen LogP contribution in [0.25, 0.3) is 0 Å². The number of aliphatic carboxylic acids is 1. The first-order valence-electron chi connectivity index (χ1n) is 8.52. The minimum atomic E-state index is -0.758. The summed E-state index contributed by atoms with van der Waals surface area (Å²) in [5.74, 6) is 0.730. The maximum Gasteiger partial charge on any atom is 0.321 e. The van der Waals surface area contributed by atoms with Crippen LogP contribution in [0.4, 0.5) is 0 Å². The Morgan fingerprint density at radius 2 is 1.67 bits per heavy atom. The average molecular weight is 325 g/mol. The van der Waals surface area contributed by atoms with Crippen LogP contribution in [-0.2, 0) is 11.2 Å². The first kappa shape index (κ1) is 16.5. The van der Waals surface area contributed by atoms with E-state index in [2.05, 4.69) is 4.90 Å². The Balaban J connectivity index is 1.79. The SMILES string of the molecule is O=C(O)[C@H](Cc1ccccc1Oc1ccccc1)N1CCCCC1. The van der Waals surface area contributed by atoms with Gasteiger partial charge in [-0.25, -0.2) is 0 Å². The van der Waals surface area contributed by atoms with Crippen molar-refractivity contribution in [3.8, 4) is 11.5 Å². The largest absolute Gasteiger partial charge is 0.480 e. The fraction of sp³-hybridized carbons (Fsp3) is 0.350. The maximum absolute atomic E-state index is 11.8. The summed E-state index contributed by atoms with van der Waals surface area (Å²) in [6.07, 6.45) is 3.80. The molecule has 3 rings (SSSR count). The van der Waals surface area contributed by atoms with Gasteiger partial charge in [0.1, 0.15) is 17.5 Å². The van der Waals surface area contributed by atoms with Crippen LogP contribution in [0, 0.1) is 0 Å². The normalized spacial score (nSPS) is 16.5. The summed E-state index contributed by atoms with van der Waals surface area (Å²) in [4.78, 5) is 13.9. The van der Waals surface area contributed by atoms with Crippen molar-refractivity contribution in [3.05, 3.63) is 60.2 Å². The smallest absolute Gasteiger partial charge is 0.321 e. The topological polar surface area (TPSA) is 49.8 Å². The van der Waals surface area contributed by atoms with E-state index >= 15 is 0 Å². The lowest BCUT2D eigenvalue weighted by atomic mass is 10.0. The molecule has 1 aliphatic heterocycles. The van der Waals surface area contributed by atoms with E-state index in [1.807, 2.05) is 54.6 Å². The summed E-state index contributed by atoms with van der Waals surface area (Å²) in [6, 6.07) is 16.8. The Kier molecular flexibility index (Phi) is 5.49. The van der Waals surface area contributed by atoms with Crippen molar-refractivity contribution in [2.45, 2.75) is 31.7 Å². The second-order valence-electron chi connectivity index (χ2n) is 6.18. The summed E-state index contributed by atoms with van der Waals surface area (Å²) in [5.41, 5.74) is 0.930. The zero-order valence-corrected chi connectivity index (χ0v) is 13.7. The highest BCUT2D eigenvalue weighted by molar-refractivity contribution is 5.74. The predicted octanol–water partition coefficient (Wildman–Crippen LogP) is 3.96. The number of carboxylic acid groups (broad SMARTS) is 1. The summed E-state index contributed by atoms with van der Waals surface area (Å²) in [5, 5.41) is 9.68. The lowest BCUT2D eigenvalue weighted by Crippen LogP contribution is -2.45. The molecule has 1 N–H and O–H groups in total. The van der Waals surface area contributed by atoms with Gasteiger partial charge in [-0.3, -0.25) is 9.69 Å². The fourth-order valence-electron chi connectivity index (χ4n) is 3.20. The van der Waals surface area contributed by atoms with Crippen LogP contribution >= 0.6 is 0 Å². The number of carbonyl (C=O) groups is 1. The van der Waals surface area contributed by atoms with Gasteiger partial charge in [-0.1, -0.05) is 42.8 Å². The number of benzene rings is 2. The van der Waals surface area contributed by atoms with Gasteiger partial charge in [-0.15, -0.1) is 0 Å². The number of nitrogens with zero attached hydrogens (tertiary/aromatic N) is 1. The summed E-state index contributed by atoms with van der Waals surface area (Å²) in [7, 11) is 0. The quantitative estimate of drug-likeness (QED) is 0.873. The van der Waals surface area contributed by atoms with Gasteiger partial charge in [-0.2, -0.15) is 0 Å². The Morgan fingerprint density at radius 3 is 2.38 bits per heavy atom. The molecule has 0 amide bonds. The minimum absolute atomic E-state index is 0.457. The van der Waals surface area contributed by atoms with Crippen molar-refractivity contribution < 1.29 is 14.6 Å². The summed E-state index contributed by atoms with van der Waals surface area (Å²) < 4.78 is 5.97. The third-order valence-electron chi connectivity index (χ3n) is 4.47. The van der Waals surface area contributed by atoms with E-state index in [0.29, 0.717) is 6.42 Å². The van der Waals surface area contributed by atoms with Gasteiger partial charge < -0.3 is 9.84 Å². The number of ether oxygens (including phenoxy) is 1. The molecule has 1 saturated heterocycles. The van der Waals surface area contributed by atoms with Crippen LogP contribution < -0.4 is 4.74 Å². The van der Waals surface area contributed by atoms with Gasteiger partial charge in [0, 0.05) is 6.42 Å². The minimum Gasteiger partial charge on any atom is -0.480 e. The van der Waals surface area contributed by atoms with Crippen LogP contribution in [0.15, 0.2) is 54.6 Å². The molecule has 126 valence electrons. The highest BCUT2D eigenvalue weighted by atomic mass is 16.5. The van der Waals surface area contributed by atoms with E-state index < -0.39 is 12.0 Å². The standard InChI is InChI=1S/C20H23NO3/c22-20(23)18(21-13-7-2-8-14-21)15-16-9-5-6-12-19(16)24-17-10-3-1-4-11-17/h1,3-6,9-12,18H,2,7-8,13-15H2,(H,22,23)/t18-/m0/s1. The molecule has 0 aliphatic carbocycles. The zero-order valence-electron chi connectivity index (χ0n) is 13.7. The molecule has 0 saturated carbocycles. The van der Waals surface area contributed by atoms with E-state index in [1.165, 1.54) is 6.42 Å². The van der Waals surface area contributed by atoms with Gasteiger partial charge in [0.2, 0.25) is 0 Å². The molecule has 1 fully saturated rings. The third-order valence-corrected chi connectivity index (χ3v) is 4.47. The number of rotatable bonds is 6. The summed E-state index contributed by atoms with van der Waals surface area (Å²) in [6.45, 7) is 1.72. The second kappa shape index (κ2) is 7.97. The van der Waals surface area contributed by atoms with E-state index in [1.54, 1.807) is 0 Å². The molecular formula is C20H23NO3. The van der Waals surface area contributed by atoms with Gasteiger partial charge in [0.05, 0.1) is 0 Å². The number of para-hydroxylation sites is 2. The number of likely N-dealkylation sites (tertiary alicyclic amines) is 1. The van der Waals surface area contributed by atoms with E-state index in [-0.39, 0.29) is 0 Å². The molecule has 2 aromatic carbocycles. The van der Waals surface area contributed by atoms with Crippen LogP contribution in [0.3, 0.4) is 0 Å². The van der Waals surface area contributed by atoms with Crippen molar-refractivity contribution in [1.29, 1.82) is 0 Å². The number of hydrogen-bond donors (Lipinski definition) is 1. The van der Waals surface area contributed by atoms with Crippen molar-refractivity contribution in [1.82, 2.24) is 4.90 Å². The predicted molar refractivity (Wildman–Crippen MR) is 93.5 cm³/mol. The number of piperidine rings is 1. The molecule has 0 spiro atoms. The van der Waals surface area contributed by atoms with E-state index in [0.717, 1.165) is 43.0 Å². The Labute approximate surface area is 142 Å². The zero-order chi connectivity index (χ0) is 16.8. The molecule has 0 radical (unpaired) electrons. The first-order valence-corrected chi connectivity index (χ1v) is 8.52. The number of hydrogen-bond acceptors (Lipinski definition) is 3. The third kappa shape index (κ3) is 4.15. The maximum atomic E-state index is 11.8. The van der Waals surface area contributed by atoms with Crippen LogP contribution in [0.5, 0.6) is 11.5 Å². The van der Waals surface area contributed by atoms with Crippen LogP contribution in [0.1, 0.15) is 24.8 Å². The van der Waals surface area contributed by atoms with Gasteiger partial charge >= 0.3 is 5.97 Å². The van der Waals surface area contributed by atoms with Crippen molar-refractivity contribution >= 4 is 5.97 Å². The lowest BCUT2D eigenvalue weighted by Gasteiger charge is -2.32. The molecule has 24 heavy (non-hydrogen) atoms. The fourth-order valence-corrected chi connectivity index (χ4v) is 3.20. The Bertz CT molecular complexity index is 666. The Morgan fingerprint density at radius 1 is 1.00 bits per heavy atom. The Hall–Kier alpha value is -2.33. The molecule has 4 heteroatoms.